The van der Waals surface area contributed by atoms with Gasteiger partial charge in [-0.15, -0.1) is 22.7 Å². The van der Waals surface area contributed by atoms with Crippen molar-refractivity contribution < 1.29 is 0 Å². The minimum Gasteiger partial charge on any atom is -0.310 e. The van der Waals surface area contributed by atoms with E-state index in [1.807, 2.05) is 22.7 Å². The van der Waals surface area contributed by atoms with Crippen molar-refractivity contribution in [2.24, 2.45) is 0 Å². The Morgan fingerprint density at radius 3 is 1.62 bits per heavy atom. The second-order valence-corrected chi connectivity index (χ2v) is 17.8. The molecule has 0 unspecified atom stereocenters. The van der Waals surface area contributed by atoms with Gasteiger partial charge in [0.05, 0.1) is 0 Å². The van der Waals surface area contributed by atoms with E-state index in [-0.39, 0.29) is 0 Å². The van der Waals surface area contributed by atoms with Crippen molar-refractivity contribution in [2.45, 2.75) is 0 Å². The predicted molar refractivity (Wildman–Crippen MR) is 266 cm³/mol. The summed E-state index contributed by atoms with van der Waals surface area (Å²) in [5, 5.41) is 7.77. The van der Waals surface area contributed by atoms with Crippen molar-refractivity contribution in [3.8, 4) is 44.5 Å². The summed E-state index contributed by atoms with van der Waals surface area (Å²) < 4.78 is 5.28. The summed E-state index contributed by atoms with van der Waals surface area (Å²) in [5.41, 5.74) is 13.1. The molecule has 0 fully saturated rings. The van der Waals surface area contributed by atoms with Gasteiger partial charge in [-0.1, -0.05) is 164 Å². The molecule has 2 aromatic heterocycles. The highest BCUT2D eigenvalue weighted by Gasteiger charge is 2.18. The van der Waals surface area contributed by atoms with E-state index in [0.717, 1.165) is 17.1 Å². The average molecular weight is 812 g/mol. The number of hydrogen-bond acceptors (Lipinski definition) is 3. The van der Waals surface area contributed by atoms with Crippen molar-refractivity contribution in [1.29, 1.82) is 0 Å². The molecule has 61 heavy (non-hydrogen) atoms. The van der Waals surface area contributed by atoms with Crippen LogP contribution in [0.4, 0.5) is 17.1 Å². The molecule has 0 aliphatic rings. The molecule has 1 nitrogen and oxygen atoms in total. The van der Waals surface area contributed by atoms with E-state index >= 15 is 0 Å². The number of benzene rings is 10. The number of hydrogen-bond donors (Lipinski definition) is 0. The minimum atomic E-state index is 1.10. The van der Waals surface area contributed by atoms with Crippen LogP contribution in [-0.4, -0.2) is 0 Å². The molecule has 10 aromatic carbocycles. The largest absolute Gasteiger partial charge is 0.310 e. The number of fused-ring (bicyclic) bond motifs is 7. The van der Waals surface area contributed by atoms with E-state index < -0.39 is 0 Å². The average Bonchev–Trinajstić information content (AvgIpc) is 3.91. The summed E-state index contributed by atoms with van der Waals surface area (Å²) in [6.07, 6.45) is 0. The Balaban J connectivity index is 0.989. The van der Waals surface area contributed by atoms with Crippen molar-refractivity contribution >= 4 is 90.9 Å². The summed E-state index contributed by atoms with van der Waals surface area (Å²) in [7, 11) is 0. The Hall–Kier alpha value is -7.30. The number of anilines is 3. The quantitative estimate of drug-likeness (QED) is 0.155. The molecule has 0 bridgehead atoms. The lowest BCUT2D eigenvalue weighted by molar-refractivity contribution is 1.28. The van der Waals surface area contributed by atoms with Crippen LogP contribution in [-0.2, 0) is 0 Å². The van der Waals surface area contributed by atoms with Gasteiger partial charge in [-0.3, -0.25) is 0 Å². The van der Waals surface area contributed by atoms with E-state index in [1.54, 1.807) is 0 Å². The topological polar surface area (TPSA) is 3.24 Å². The van der Waals surface area contributed by atoms with Crippen molar-refractivity contribution in [2.75, 3.05) is 4.90 Å². The Morgan fingerprint density at radius 1 is 0.279 bits per heavy atom. The van der Waals surface area contributed by atoms with E-state index in [0.29, 0.717) is 0 Å². The van der Waals surface area contributed by atoms with Gasteiger partial charge in [0.2, 0.25) is 0 Å². The molecule has 0 radical (unpaired) electrons. The second kappa shape index (κ2) is 14.8. The van der Waals surface area contributed by atoms with Crippen LogP contribution in [0.25, 0.3) is 95.6 Å². The first-order valence-electron chi connectivity index (χ1n) is 20.7. The van der Waals surface area contributed by atoms with Crippen LogP contribution >= 0.6 is 22.7 Å². The highest BCUT2D eigenvalue weighted by atomic mass is 32.1. The third-order valence-electron chi connectivity index (χ3n) is 12.1. The molecule has 0 saturated heterocycles. The van der Waals surface area contributed by atoms with Crippen molar-refractivity contribution in [3.05, 3.63) is 224 Å². The monoisotopic (exact) mass is 811 g/mol. The van der Waals surface area contributed by atoms with Crippen LogP contribution in [0, 0.1) is 0 Å². The normalized spacial score (nSPS) is 11.6. The molecule has 0 N–H and O–H groups in total. The number of nitrogens with zero attached hydrogens (tertiary/aromatic N) is 1. The maximum Gasteiger partial charge on any atom is 0.0467 e. The molecule has 0 amide bonds. The van der Waals surface area contributed by atoms with Crippen LogP contribution in [0.2, 0.25) is 0 Å². The summed E-state index contributed by atoms with van der Waals surface area (Å²) >= 11 is 3.75. The number of thiophene rings is 2. The summed E-state index contributed by atoms with van der Waals surface area (Å²) in [4.78, 5) is 2.41. The Bertz CT molecular complexity index is 3600. The molecule has 0 aliphatic carbocycles. The van der Waals surface area contributed by atoms with Gasteiger partial charge in [-0.2, -0.15) is 0 Å². The van der Waals surface area contributed by atoms with Crippen molar-refractivity contribution in [3.63, 3.8) is 0 Å². The molecular weight excluding hydrogens is 775 g/mol. The fourth-order valence-electron chi connectivity index (χ4n) is 9.21. The molecule has 286 valence electrons. The summed E-state index contributed by atoms with van der Waals surface area (Å²) in [6, 6.07) is 82.4. The molecule has 0 atom stereocenters. The highest BCUT2D eigenvalue weighted by molar-refractivity contribution is 7.26. The second-order valence-electron chi connectivity index (χ2n) is 15.6. The number of rotatable bonds is 7. The lowest BCUT2D eigenvalue weighted by atomic mass is 9.96. The lowest BCUT2D eigenvalue weighted by Gasteiger charge is -2.27. The molecule has 0 spiro atoms. The zero-order chi connectivity index (χ0) is 40.3. The summed E-state index contributed by atoms with van der Waals surface area (Å²) in [5.74, 6) is 0. The van der Waals surface area contributed by atoms with Gasteiger partial charge >= 0.3 is 0 Å². The first-order valence-corrected chi connectivity index (χ1v) is 22.4. The maximum atomic E-state index is 2.41. The van der Waals surface area contributed by atoms with Gasteiger partial charge in [0.25, 0.3) is 0 Å². The smallest absolute Gasteiger partial charge is 0.0467 e. The minimum absolute atomic E-state index is 1.10. The van der Waals surface area contributed by atoms with Crippen LogP contribution in [0.1, 0.15) is 0 Å². The van der Waals surface area contributed by atoms with Gasteiger partial charge in [0, 0.05) is 57.4 Å². The first-order chi connectivity index (χ1) is 30.2. The zero-order valence-corrected chi connectivity index (χ0v) is 34.8. The van der Waals surface area contributed by atoms with Gasteiger partial charge in [-0.25, -0.2) is 0 Å². The van der Waals surface area contributed by atoms with Crippen LogP contribution in [0.5, 0.6) is 0 Å². The first kappa shape index (κ1) is 35.6. The van der Waals surface area contributed by atoms with Gasteiger partial charge < -0.3 is 4.90 Å². The van der Waals surface area contributed by atoms with Crippen LogP contribution in [0.15, 0.2) is 224 Å². The third kappa shape index (κ3) is 6.21. The van der Waals surface area contributed by atoms with Crippen LogP contribution < -0.4 is 4.90 Å². The highest BCUT2D eigenvalue weighted by Crippen LogP contribution is 2.44. The zero-order valence-electron chi connectivity index (χ0n) is 33.1. The van der Waals surface area contributed by atoms with Gasteiger partial charge in [-0.05, 0) is 116 Å². The SMILES string of the molecule is c1cc(-c2cccc(N(c3ccc(-c4cccc5ccccc45)cc3)c3cccc(-c4cccc5sc6ccccc6c45)c3)c2)cc(-c2cccc3c2sc2ccccc23)c1. The Morgan fingerprint density at radius 2 is 0.803 bits per heavy atom. The fourth-order valence-corrected chi connectivity index (χ4v) is 11.6. The predicted octanol–water partition coefficient (Wildman–Crippen LogP) is 17.7. The van der Waals surface area contributed by atoms with E-state index in [1.165, 1.54) is 95.6 Å². The molecule has 12 rings (SSSR count). The molecule has 2 heterocycles. The Kier molecular flexibility index (Phi) is 8.62. The fraction of sp³-hybridized carbons (Fsp3) is 0. The van der Waals surface area contributed by atoms with Gasteiger partial charge in [0.15, 0.2) is 0 Å². The van der Waals surface area contributed by atoms with E-state index in [9.17, 15) is 0 Å². The Labute approximate surface area is 362 Å². The lowest BCUT2D eigenvalue weighted by Crippen LogP contribution is -2.10. The third-order valence-corrected chi connectivity index (χ3v) is 14.4. The molecule has 12 aromatic rings. The maximum absolute atomic E-state index is 2.41. The molecule has 0 aliphatic heterocycles. The summed E-state index contributed by atoms with van der Waals surface area (Å²) in [6.45, 7) is 0. The molecule has 3 heteroatoms. The molecule has 0 saturated carbocycles. The van der Waals surface area contributed by atoms with E-state index in [2.05, 4.69) is 229 Å². The van der Waals surface area contributed by atoms with E-state index in [4.69, 9.17) is 0 Å². The van der Waals surface area contributed by atoms with Crippen molar-refractivity contribution in [1.82, 2.24) is 0 Å². The standard InChI is InChI=1S/C58H37NS2/c1-2-21-47-38(13-1)14-10-24-48(47)39-31-33-44(34-32-39)59(46-20-9-18-43(37-46)49-25-12-30-56-57(49)53-23-4-6-29-55(53)60-56)45-19-8-16-41(36-45)40-15-7-17-42(35-40)50-26-11-27-52-51-22-3-5-28-54(51)61-58(50)52/h1-37H. The van der Waals surface area contributed by atoms with Gasteiger partial charge in [0.1, 0.15) is 0 Å². The van der Waals surface area contributed by atoms with Crippen LogP contribution in [0.3, 0.4) is 0 Å². The molecular formula is C58H37NS2.